The van der Waals surface area contributed by atoms with E-state index >= 15 is 0 Å². The van der Waals surface area contributed by atoms with Crippen LogP contribution in [-0.2, 0) is 5.54 Å². The van der Waals surface area contributed by atoms with Crippen LogP contribution < -0.4 is 5.32 Å². The molecule has 2 heterocycles. The van der Waals surface area contributed by atoms with E-state index in [1.165, 1.54) is 24.4 Å². The molecule has 1 unspecified atom stereocenters. The van der Waals surface area contributed by atoms with Crippen molar-refractivity contribution in [3.8, 4) is 6.07 Å². The minimum Gasteiger partial charge on any atom is -0.354 e. The lowest BCUT2D eigenvalue weighted by Crippen LogP contribution is -2.48. The highest BCUT2D eigenvalue weighted by atomic mass is 19.1. The Hall–Kier alpha value is -3.59. The van der Waals surface area contributed by atoms with E-state index in [1.54, 1.807) is 36.4 Å². The van der Waals surface area contributed by atoms with E-state index in [2.05, 4.69) is 16.4 Å². The zero-order valence-corrected chi connectivity index (χ0v) is 15.0. The average molecular weight is 374 g/mol. The molecule has 0 saturated heterocycles. The molecule has 4 nitrogen and oxygen atoms in total. The number of nitrogens with one attached hydrogen (secondary N) is 1. The highest BCUT2D eigenvalue weighted by molar-refractivity contribution is 6.01. The van der Waals surface area contributed by atoms with Crippen LogP contribution in [0.15, 0.2) is 71.9 Å². The summed E-state index contributed by atoms with van der Waals surface area (Å²) in [6.07, 6.45) is 1.40. The normalized spacial score (nSPS) is 20.9. The summed E-state index contributed by atoms with van der Waals surface area (Å²) in [6, 6.07) is 18.1. The predicted molar refractivity (Wildman–Crippen MR) is 102 cm³/mol. The van der Waals surface area contributed by atoms with Crippen molar-refractivity contribution in [2.45, 2.75) is 18.5 Å². The first-order chi connectivity index (χ1) is 13.5. The standard InChI is InChI=1S/C22H16F2N4/c1-14-22(17-5-7-19(23)8-6-17,18-9-10-26-20(24)12-18)28-21(27-14)16-4-2-3-15(11-16)13-25/h2-12,14H,1H3,(H,27,28)/t14-,22?/m0/s1. The van der Waals surface area contributed by atoms with Gasteiger partial charge in [0.15, 0.2) is 0 Å². The van der Waals surface area contributed by atoms with Gasteiger partial charge in [0.05, 0.1) is 17.7 Å². The first kappa shape index (κ1) is 17.8. The van der Waals surface area contributed by atoms with Crippen LogP contribution in [-0.4, -0.2) is 16.9 Å². The highest BCUT2D eigenvalue weighted by Gasteiger charge is 2.45. The monoisotopic (exact) mass is 374 g/mol. The first-order valence-corrected chi connectivity index (χ1v) is 8.77. The molecule has 0 spiro atoms. The van der Waals surface area contributed by atoms with Crippen molar-refractivity contribution < 1.29 is 8.78 Å². The smallest absolute Gasteiger partial charge is 0.213 e. The average Bonchev–Trinajstić information content (AvgIpc) is 3.07. The Bertz CT molecular complexity index is 1100. The van der Waals surface area contributed by atoms with Gasteiger partial charge in [0.25, 0.3) is 0 Å². The maximum absolute atomic E-state index is 13.9. The molecule has 0 fully saturated rings. The van der Waals surface area contributed by atoms with Gasteiger partial charge < -0.3 is 5.32 Å². The third-order valence-corrected chi connectivity index (χ3v) is 5.01. The van der Waals surface area contributed by atoms with Gasteiger partial charge in [0.2, 0.25) is 5.95 Å². The third-order valence-electron chi connectivity index (χ3n) is 5.01. The first-order valence-electron chi connectivity index (χ1n) is 8.77. The van der Waals surface area contributed by atoms with E-state index in [1.807, 2.05) is 13.0 Å². The van der Waals surface area contributed by atoms with Crippen LogP contribution in [0.25, 0.3) is 0 Å². The summed E-state index contributed by atoms with van der Waals surface area (Å²) in [6.45, 7) is 1.91. The summed E-state index contributed by atoms with van der Waals surface area (Å²) >= 11 is 0. The molecular weight excluding hydrogens is 358 g/mol. The van der Waals surface area contributed by atoms with Crippen LogP contribution in [0.5, 0.6) is 0 Å². The molecule has 6 heteroatoms. The molecule has 1 aromatic heterocycles. The number of rotatable bonds is 3. The lowest BCUT2D eigenvalue weighted by Gasteiger charge is -2.35. The van der Waals surface area contributed by atoms with Crippen molar-refractivity contribution in [2.24, 2.45) is 4.99 Å². The second kappa shape index (κ2) is 6.86. The van der Waals surface area contributed by atoms with E-state index < -0.39 is 11.5 Å². The molecule has 0 aliphatic carbocycles. The number of pyridine rings is 1. The molecule has 2 aromatic carbocycles. The van der Waals surface area contributed by atoms with Crippen LogP contribution in [0.1, 0.15) is 29.2 Å². The number of nitriles is 1. The van der Waals surface area contributed by atoms with Crippen LogP contribution in [0.4, 0.5) is 8.78 Å². The lowest BCUT2D eigenvalue weighted by molar-refractivity contribution is 0.429. The van der Waals surface area contributed by atoms with E-state index in [-0.39, 0.29) is 11.9 Å². The molecule has 0 amide bonds. The Morgan fingerprint density at radius 1 is 1.04 bits per heavy atom. The number of aliphatic imine (C=N–C) groups is 1. The Kier molecular flexibility index (Phi) is 4.36. The van der Waals surface area contributed by atoms with Crippen molar-refractivity contribution in [1.82, 2.24) is 10.3 Å². The summed E-state index contributed by atoms with van der Waals surface area (Å²) in [5, 5.41) is 12.6. The van der Waals surface area contributed by atoms with Crippen LogP contribution in [0.2, 0.25) is 0 Å². The molecule has 4 rings (SSSR count). The van der Waals surface area contributed by atoms with Crippen molar-refractivity contribution >= 4 is 5.84 Å². The number of aromatic nitrogens is 1. The summed E-state index contributed by atoms with van der Waals surface area (Å²) in [4.78, 5) is 8.40. The topological polar surface area (TPSA) is 61.1 Å². The van der Waals surface area contributed by atoms with Crippen molar-refractivity contribution in [3.05, 3.63) is 101 Å². The molecule has 3 aromatic rings. The Balaban J connectivity index is 1.86. The second-order valence-electron chi connectivity index (χ2n) is 6.65. The molecule has 0 radical (unpaired) electrons. The minimum absolute atomic E-state index is 0.319. The fourth-order valence-electron chi connectivity index (χ4n) is 3.65. The number of hydrogen-bond acceptors (Lipinski definition) is 4. The largest absolute Gasteiger partial charge is 0.354 e. The Morgan fingerprint density at radius 3 is 2.54 bits per heavy atom. The van der Waals surface area contributed by atoms with Gasteiger partial charge in [0, 0.05) is 11.8 Å². The number of benzene rings is 2. The summed E-state index contributed by atoms with van der Waals surface area (Å²) < 4.78 is 27.5. The fraction of sp³-hybridized carbons (Fsp3) is 0.136. The van der Waals surface area contributed by atoms with Gasteiger partial charge >= 0.3 is 0 Å². The molecule has 2 atom stereocenters. The molecule has 28 heavy (non-hydrogen) atoms. The maximum atomic E-state index is 13.9. The number of amidine groups is 1. The molecule has 138 valence electrons. The van der Waals surface area contributed by atoms with Crippen molar-refractivity contribution in [3.63, 3.8) is 0 Å². The van der Waals surface area contributed by atoms with Gasteiger partial charge in [-0.15, -0.1) is 0 Å². The van der Waals surface area contributed by atoms with E-state index in [9.17, 15) is 14.0 Å². The molecule has 1 aliphatic heterocycles. The molecule has 1 N–H and O–H groups in total. The van der Waals surface area contributed by atoms with Gasteiger partial charge in [-0.2, -0.15) is 9.65 Å². The molecular formula is C22H16F2N4. The SMILES string of the molecule is C[C@@H]1N=C(c2cccc(C#N)c2)NC1(c1ccc(F)cc1)c1ccnc(F)c1. The van der Waals surface area contributed by atoms with Crippen LogP contribution in [0, 0.1) is 23.1 Å². The molecule has 1 aliphatic rings. The van der Waals surface area contributed by atoms with Gasteiger partial charge in [-0.3, -0.25) is 4.99 Å². The van der Waals surface area contributed by atoms with Crippen molar-refractivity contribution in [1.29, 1.82) is 5.26 Å². The van der Waals surface area contributed by atoms with Gasteiger partial charge in [-0.05, 0) is 54.4 Å². The van der Waals surface area contributed by atoms with E-state index in [4.69, 9.17) is 4.99 Å². The van der Waals surface area contributed by atoms with Gasteiger partial charge in [0.1, 0.15) is 17.2 Å². The minimum atomic E-state index is -0.893. The van der Waals surface area contributed by atoms with Crippen LogP contribution >= 0.6 is 0 Å². The van der Waals surface area contributed by atoms with E-state index in [0.717, 1.165) is 11.1 Å². The predicted octanol–water partition coefficient (Wildman–Crippen LogP) is 3.91. The van der Waals surface area contributed by atoms with E-state index in [0.29, 0.717) is 17.0 Å². The Morgan fingerprint density at radius 2 is 1.82 bits per heavy atom. The maximum Gasteiger partial charge on any atom is 0.213 e. The van der Waals surface area contributed by atoms with Gasteiger partial charge in [-0.1, -0.05) is 24.3 Å². The zero-order valence-electron chi connectivity index (χ0n) is 15.0. The third kappa shape index (κ3) is 2.91. The molecule has 0 bridgehead atoms. The Labute approximate surface area is 161 Å². The number of nitrogens with zero attached hydrogens (tertiary/aromatic N) is 3. The number of halogens is 2. The number of hydrogen-bond donors (Lipinski definition) is 1. The lowest BCUT2D eigenvalue weighted by atomic mass is 9.78. The summed E-state index contributed by atoms with van der Waals surface area (Å²) in [5.41, 5.74) is 1.76. The summed E-state index contributed by atoms with van der Waals surface area (Å²) in [7, 11) is 0. The van der Waals surface area contributed by atoms with Crippen LogP contribution in [0.3, 0.4) is 0 Å². The second-order valence-corrected chi connectivity index (χ2v) is 6.65. The van der Waals surface area contributed by atoms with Crippen molar-refractivity contribution in [2.75, 3.05) is 0 Å². The highest BCUT2D eigenvalue weighted by Crippen LogP contribution is 2.39. The quantitative estimate of drug-likeness (QED) is 0.707. The molecule has 0 saturated carbocycles. The fourth-order valence-corrected chi connectivity index (χ4v) is 3.65. The zero-order chi connectivity index (χ0) is 19.7. The summed E-state index contributed by atoms with van der Waals surface area (Å²) in [5.74, 6) is -0.368. The van der Waals surface area contributed by atoms with Gasteiger partial charge in [-0.25, -0.2) is 9.37 Å².